The molecule has 0 saturated heterocycles. The molecule has 1 aromatic carbocycles. The van der Waals surface area contributed by atoms with Crippen LogP contribution in [0.2, 0.25) is 0 Å². The van der Waals surface area contributed by atoms with Gasteiger partial charge in [0.05, 0.1) is 11.6 Å². The van der Waals surface area contributed by atoms with E-state index in [1.807, 2.05) is 0 Å². The number of halogens is 1. The average molecular weight is 296 g/mol. The van der Waals surface area contributed by atoms with Crippen molar-refractivity contribution in [2.24, 2.45) is 0 Å². The Kier molecular flexibility index (Phi) is 5.51. The zero-order chi connectivity index (χ0) is 15.2. The van der Waals surface area contributed by atoms with Gasteiger partial charge in [-0.2, -0.15) is 5.26 Å². The average Bonchev–Trinajstić information content (AvgIpc) is 2.40. The molecule has 0 radical (unpaired) electrons. The van der Waals surface area contributed by atoms with E-state index in [9.17, 15) is 12.8 Å². The fourth-order valence-electron chi connectivity index (χ4n) is 1.43. The van der Waals surface area contributed by atoms with E-state index in [0.717, 1.165) is 6.07 Å². The largest absolute Gasteiger partial charge is 0.384 e. The predicted octanol–water partition coefficient (Wildman–Crippen LogP) is 1.21. The van der Waals surface area contributed by atoms with Crippen LogP contribution in [0, 0.1) is 29.0 Å². The molecule has 1 unspecified atom stereocenters. The monoisotopic (exact) mass is 296 g/mol. The van der Waals surface area contributed by atoms with Gasteiger partial charge in [-0.1, -0.05) is 18.8 Å². The minimum Gasteiger partial charge on any atom is -0.384 e. The van der Waals surface area contributed by atoms with Gasteiger partial charge in [-0.15, -0.1) is 0 Å². The van der Waals surface area contributed by atoms with Crippen molar-refractivity contribution < 1.29 is 17.9 Å². The number of aliphatic hydroxyl groups excluding tert-OH is 1. The van der Waals surface area contributed by atoms with Gasteiger partial charge in [0.15, 0.2) is 5.25 Å². The highest BCUT2D eigenvalue weighted by molar-refractivity contribution is 7.93. The minimum atomic E-state index is -3.86. The van der Waals surface area contributed by atoms with Crippen LogP contribution in [0.25, 0.3) is 0 Å². The molecule has 0 aliphatic rings. The van der Waals surface area contributed by atoms with Crippen molar-refractivity contribution in [3.05, 3.63) is 29.6 Å². The van der Waals surface area contributed by atoms with Crippen molar-refractivity contribution in [1.29, 1.82) is 5.26 Å². The van der Waals surface area contributed by atoms with E-state index in [-0.39, 0.29) is 17.7 Å². The number of sulfonamides is 1. The Morgan fingerprint density at radius 1 is 1.50 bits per heavy atom. The van der Waals surface area contributed by atoms with E-state index < -0.39 is 27.7 Å². The molecule has 1 aromatic rings. The smallest absolute Gasteiger partial charge is 0.249 e. The van der Waals surface area contributed by atoms with E-state index in [1.165, 1.54) is 12.1 Å². The molecule has 106 valence electrons. The van der Waals surface area contributed by atoms with Gasteiger partial charge < -0.3 is 5.11 Å². The third-order valence-electron chi connectivity index (χ3n) is 2.42. The van der Waals surface area contributed by atoms with Gasteiger partial charge in [0.2, 0.25) is 10.0 Å². The summed E-state index contributed by atoms with van der Waals surface area (Å²) in [5.41, 5.74) is 0.0756. The second-order valence-corrected chi connectivity index (χ2v) is 5.69. The maximum atomic E-state index is 13.4. The van der Waals surface area contributed by atoms with E-state index in [4.69, 9.17) is 10.4 Å². The van der Waals surface area contributed by atoms with Gasteiger partial charge in [0.1, 0.15) is 12.4 Å². The van der Waals surface area contributed by atoms with E-state index in [0.29, 0.717) is 0 Å². The Bertz CT molecular complexity index is 684. The highest BCUT2D eigenvalue weighted by Gasteiger charge is 2.23. The Labute approximate surface area is 117 Å². The minimum absolute atomic E-state index is 0.0377. The molecule has 5 nitrogen and oxygen atoms in total. The predicted molar refractivity (Wildman–Crippen MR) is 72.6 cm³/mol. The molecule has 0 saturated carbocycles. The highest BCUT2D eigenvalue weighted by Crippen LogP contribution is 2.17. The number of nitrogens with one attached hydrogen (secondary N) is 1. The van der Waals surface area contributed by atoms with Gasteiger partial charge in [0.25, 0.3) is 0 Å². The van der Waals surface area contributed by atoms with Crippen molar-refractivity contribution in [1.82, 2.24) is 0 Å². The van der Waals surface area contributed by atoms with Crippen LogP contribution in [-0.2, 0) is 10.0 Å². The summed E-state index contributed by atoms with van der Waals surface area (Å²) in [6, 6.07) is 5.19. The molecular formula is C13H13FN2O3S. The molecule has 20 heavy (non-hydrogen) atoms. The molecule has 0 fully saturated rings. The first kappa shape index (κ1) is 16.0. The van der Waals surface area contributed by atoms with Crippen molar-refractivity contribution in [2.45, 2.75) is 18.6 Å². The Morgan fingerprint density at radius 3 is 2.75 bits per heavy atom. The number of nitriles is 1. The summed E-state index contributed by atoms with van der Waals surface area (Å²) in [6.07, 6.45) is 0.143. The van der Waals surface area contributed by atoms with Crippen LogP contribution in [-0.4, -0.2) is 25.4 Å². The van der Waals surface area contributed by atoms with Crippen molar-refractivity contribution >= 4 is 15.7 Å². The zero-order valence-corrected chi connectivity index (χ0v) is 11.5. The third kappa shape index (κ3) is 3.95. The summed E-state index contributed by atoms with van der Waals surface area (Å²) in [4.78, 5) is 0. The van der Waals surface area contributed by atoms with Gasteiger partial charge in [0, 0.05) is 5.69 Å². The fourth-order valence-corrected chi connectivity index (χ4v) is 2.61. The first-order valence-corrected chi connectivity index (χ1v) is 7.29. The fraction of sp³-hybridized carbons (Fsp3) is 0.308. The van der Waals surface area contributed by atoms with Crippen LogP contribution >= 0.6 is 0 Å². The third-order valence-corrected chi connectivity index (χ3v) is 4.13. The number of hydrogen-bond donors (Lipinski definition) is 2. The van der Waals surface area contributed by atoms with Crippen LogP contribution in [0.15, 0.2) is 18.2 Å². The molecule has 1 rings (SSSR count). The van der Waals surface area contributed by atoms with Gasteiger partial charge >= 0.3 is 0 Å². The molecule has 1 atom stereocenters. The zero-order valence-electron chi connectivity index (χ0n) is 10.7. The van der Waals surface area contributed by atoms with Crippen LogP contribution < -0.4 is 4.72 Å². The lowest BCUT2D eigenvalue weighted by Gasteiger charge is -2.11. The quantitative estimate of drug-likeness (QED) is 0.817. The Balaban J connectivity index is 3.08. The summed E-state index contributed by atoms with van der Waals surface area (Å²) in [5.74, 6) is 4.02. The number of hydrogen-bond acceptors (Lipinski definition) is 4. The highest BCUT2D eigenvalue weighted by atomic mass is 32.2. The molecule has 0 aliphatic carbocycles. The summed E-state index contributed by atoms with van der Waals surface area (Å²) >= 11 is 0. The lowest BCUT2D eigenvalue weighted by atomic mass is 10.2. The van der Waals surface area contributed by atoms with Gasteiger partial charge in [-0.3, -0.25) is 4.72 Å². The van der Waals surface area contributed by atoms with Crippen LogP contribution in [0.3, 0.4) is 0 Å². The molecular weight excluding hydrogens is 283 g/mol. The summed E-state index contributed by atoms with van der Waals surface area (Å²) in [7, 11) is -3.86. The first-order chi connectivity index (χ1) is 9.44. The van der Waals surface area contributed by atoms with Crippen molar-refractivity contribution in [2.75, 3.05) is 11.3 Å². The second kappa shape index (κ2) is 6.90. The molecule has 0 spiro atoms. The normalized spacial score (nSPS) is 11.9. The van der Waals surface area contributed by atoms with Crippen LogP contribution in [0.1, 0.15) is 18.9 Å². The summed E-state index contributed by atoms with van der Waals surface area (Å²) in [6.45, 7) is 1.15. The van der Waals surface area contributed by atoms with Crippen molar-refractivity contribution in [3.63, 3.8) is 0 Å². The standard InChI is InChI=1S/C13H13FN2O3S/c1-2-12(9-15)20(18,19)16-11-5-6-13(14)10(8-11)4-3-7-17/h5-6,8,12,16-17H,2,7H2,1H3. The number of anilines is 1. The number of nitrogens with zero attached hydrogens (tertiary/aromatic N) is 1. The lowest BCUT2D eigenvalue weighted by Crippen LogP contribution is -2.26. The van der Waals surface area contributed by atoms with E-state index in [2.05, 4.69) is 16.6 Å². The molecule has 0 aliphatic heterocycles. The summed E-state index contributed by atoms with van der Waals surface area (Å²) in [5, 5.41) is 16.2. The number of benzene rings is 1. The van der Waals surface area contributed by atoms with Crippen LogP contribution in [0.4, 0.5) is 10.1 Å². The molecule has 0 aromatic heterocycles. The lowest BCUT2D eigenvalue weighted by molar-refractivity contribution is 0.350. The summed E-state index contributed by atoms with van der Waals surface area (Å²) < 4.78 is 39.4. The number of rotatable bonds is 4. The van der Waals surface area contributed by atoms with Crippen LogP contribution in [0.5, 0.6) is 0 Å². The molecule has 7 heteroatoms. The molecule has 0 heterocycles. The van der Waals surface area contributed by atoms with Gasteiger partial charge in [-0.05, 0) is 24.6 Å². The SMILES string of the molecule is CCC(C#N)S(=O)(=O)Nc1ccc(F)c(C#CCO)c1. The Morgan fingerprint density at radius 2 is 2.20 bits per heavy atom. The topological polar surface area (TPSA) is 90.2 Å². The van der Waals surface area contributed by atoms with Gasteiger partial charge in [-0.25, -0.2) is 12.8 Å². The first-order valence-electron chi connectivity index (χ1n) is 5.75. The Hall–Kier alpha value is -2.09. The van der Waals surface area contributed by atoms with E-state index >= 15 is 0 Å². The molecule has 2 N–H and O–H groups in total. The molecule has 0 bridgehead atoms. The van der Waals surface area contributed by atoms with E-state index in [1.54, 1.807) is 13.0 Å². The van der Waals surface area contributed by atoms with Crippen molar-refractivity contribution in [3.8, 4) is 17.9 Å². The maximum Gasteiger partial charge on any atom is 0.249 e. The number of aliphatic hydroxyl groups is 1. The second-order valence-electron chi connectivity index (χ2n) is 3.83. The molecule has 0 amide bonds. The maximum absolute atomic E-state index is 13.4.